The number of methoxy groups -OCH3 is 2. The summed E-state index contributed by atoms with van der Waals surface area (Å²) in [6.07, 6.45) is 6.12. The third-order valence-corrected chi connectivity index (χ3v) is 6.85. The monoisotopic (exact) mass is 588 g/mol. The van der Waals surface area contributed by atoms with Crippen molar-refractivity contribution in [1.82, 2.24) is 14.5 Å². The van der Waals surface area contributed by atoms with E-state index >= 15 is 0 Å². The van der Waals surface area contributed by atoms with E-state index in [-0.39, 0.29) is 33.8 Å². The highest BCUT2D eigenvalue weighted by Gasteiger charge is 2.21. The fraction of sp³-hybridized carbons (Fsp3) is 0.161. The van der Waals surface area contributed by atoms with Gasteiger partial charge in [-0.25, -0.2) is 9.37 Å². The summed E-state index contributed by atoms with van der Waals surface area (Å²) in [5.74, 6) is 0.515. The molecule has 0 aliphatic rings. The minimum Gasteiger partial charge on any atom is -0.493 e. The first-order chi connectivity index (χ1) is 20.2. The quantitative estimate of drug-likeness (QED) is 0.210. The van der Waals surface area contributed by atoms with E-state index in [2.05, 4.69) is 15.3 Å². The minimum atomic E-state index is -0.705. The SMILES string of the molecule is COc1cc2nccc(Oc3cccnc3NC(=O)c3cn(C(C)C)cc(-c4ccc(F)cc4Cl)c3=O)c2cc1OC. The molecule has 9 nitrogen and oxygen atoms in total. The number of ether oxygens (including phenoxy) is 3. The Balaban J connectivity index is 1.52. The lowest BCUT2D eigenvalue weighted by Crippen LogP contribution is -2.25. The molecule has 2 aromatic carbocycles. The normalized spacial score (nSPS) is 11.0. The van der Waals surface area contributed by atoms with Crippen LogP contribution < -0.4 is 25.0 Å². The maximum Gasteiger partial charge on any atom is 0.262 e. The fourth-order valence-corrected chi connectivity index (χ4v) is 4.62. The molecule has 0 atom stereocenters. The molecule has 3 heterocycles. The summed E-state index contributed by atoms with van der Waals surface area (Å²) in [4.78, 5) is 35.8. The number of fused-ring (bicyclic) bond motifs is 1. The van der Waals surface area contributed by atoms with Gasteiger partial charge in [0.05, 0.1) is 24.8 Å². The Labute approximate surface area is 245 Å². The van der Waals surface area contributed by atoms with Crippen molar-refractivity contribution in [3.63, 3.8) is 0 Å². The van der Waals surface area contributed by atoms with Gasteiger partial charge in [-0.3, -0.25) is 14.6 Å². The van der Waals surface area contributed by atoms with Crippen molar-refractivity contribution in [3.8, 4) is 34.1 Å². The zero-order chi connectivity index (χ0) is 30.0. The third-order valence-electron chi connectivity index (χ3n) is 6.54. The first kappa shape index (κ1) is 28.6. The maximum absolute atomic E-state index is 13.7. The highest BCUT2D eigenvalue weighted by Crippen LogP contribution is 2.38. The summed E-state index contributed by atoms with van der Waals surface area (Å²) < 4.78 is 32.4. The Morgan fingerprint density at radius 3 is 2.40 bits per heavy atom. The summed E-state index contributed by atoms with van der Waals surface area (Å²) in [7, 11) is 3.07. The second-order valence-electron chi connectivity index (χ2n) is 9.52. The summed E-state index contributed by atoms with van der Waals surface area (Å²) in [5.41, 5.74) is 0.351. The van der Waals surface area contributed by atoms with E-state index in [9.17, 15) is 14.0 Å². The van der Waals surface area contributed by atoms with Gasteiger partial charge < -0.3 is 24.1 Å². The predicted octanol–water partition coefficient (Wildman–Crippen LogP) is 6.89. The first-order valence-corrected chi connectivity index (χ1v) is 13.2. The van der Waals surface area contributed by atoms with E-state index in [0.29, 0.717) is 33.7 Å². The van der Waals surface area contributed by atoms with Gasteiger partial charge in [0.15, 0.2) is 23.1 Å². The van der Waals surface area contributed by atoms with Crippen LogP contribution in [0.2, 0.25) is 5.02 Å². The maximum atomic E-state index is 13.7. The number of nitrogens with one attached hydrogen (secondary N) is 1. The molecule has 5 aromatic rings. The average Bonchev–Trinajstić information content (AvgIpc) is 2.97. The van der Waals surface area contributed by atoms with Crippen molar-refractivity contribution in [3.05, 3.63) is 99.9 Å². The molecule has 0 saturated carbocycles. The molecule has 0 saturated heterocycles. The largest absolute Gasteiger partial charge is 0.493 e. The van der Waals surface area contributed by atoms with Gasteiger partial charge in [-0.15, -0.1) is 0 Å². The number of aromatic nitrogens is 3. The molecular formula is C31H26ClFN4O5. The summed E-state index contributed by atoms with van der Waals surface area (Å²) in [6.45, 7) is 3.80. The Kier molecular flexibility index (Phi) is 8.08. The molecule has 0 aliphatic carbocycles. The zero-order valence-electron chi connectivity index (χ0n) is 23.1. The Hall–Kier alpha value is -4.96. The van der Waals surface area contributed by atoms with Gasteiger partial charge in [0, 0.05) is 53.4 Å². The second kappa shape index (κ2) is 11.9. The lowest BCUT2D eigenvalue weighted by molar-refractivity contribution is 0.102. The topological polar surface area (TPSA) is 105 Å². The number of rotatable bonds is 8. The van der Waals surface area contributed by atoms with Gasteiger partial charge in [-0.1, -0.05) is 11.6 Å². The molecule has 11 heteroatoms. The Morgan fingerprint density at radius 1 is 0.929 bits per heavy atom. The van der Waals surface area contributed by atoms with E-state index in [1.54, 1.807) is 47.3 Å². The number of carbonyl (C=O) groups is 1. The van der Waals surface area contributed by atoms with E-state index in [1.165, 1.54) is 38.7 Å². The lowest BCUT2D eigenvalue weighted by atomic mass is 10.0. The number of hydrogen-bond donors (Lipinski definition) is 1. The number of halogens is 2. The van der Waals surface area contributed by atoms with Crippen LogP contribution >= 0.6 is 11.6 Å². The van der Waals surface area contributed by atoms with Gasteiger partial charge in [-0.05, 0) is 56.3 Å². The van der Waals surface area contributed by atoms with E-state index < -0.39 is 17.2 Å². The van der Waals surface area contributed by atoms with Crippen LogP contribution in [0.15, 0.2) is 78.1 Å². The molecule has 1 N–H and O–H groups in total. The number of pyridine rings is 3. The molecular weight excluding hydrogens is 563 g/mol. The average molecular weight is 589 g/mol. The molecule has 42 heavy (non-hydrogen) atoms. The number of hydrogen-bond acceptors (Lipinski definition) is 7. The second-order valence-corrected chi connectivity index (χ2v) is 9.93. The van der Waals surface area contributed by atoms with Crippen LogP contribution in [-0.2, 0) is 0 Å². The number of benzene rings is 2. The lowest BCUT2D eigenvalue weighted by Gasteiger charge is -2.17. The fourth-order valence-electron chi connectivity index (χ4n) is 4.35. The molecule has 0 aliphatic heterocycles. The standard InChI is InChI=1S/C31H26ClFN4O5/c1-17(2)37-15-21(19-8-7-18(33)12-23(19)32)29(38)22(16-37)31(39)36-30-26(6-5-10-35-30)42-25-9-11-34-24-14-28(41-4)27(40-3)13-20(24)25/h5-17H,1-4H3,(H,35,36,39). The molecule has 0 spiro atoms. The van der Waals surface area contributed by atoms with E-state index in [1.807, 2.05) is 13.8 Å². The highest BCUT2D eigenvalue weighted by molar-refractivity contribution is 6.33. The third kappa shape index (κ3) is 5.61. The number of nitrogens with zero attached hydrogens (tertiary/aromatic N) is 3. The van der Waals surface area contributed by atoms with Crippen LogP contribution in [0.3, 0.4) is 0 Å². The number of carbonyl (C=O) groups excluding carboxylic acids is 1. The molecule has 3 aromatic heterocycles. The van der Waals surface area contributed by atoms with Crippen molar-refractivity contribution >= 4 is 34.2 Å². The first-order valence-electron chi connectivity index (χ1n) is 12.9. The summed E-state index contributed by atoms with van der Waals surface area (Å²) in [5, 5.41) is 3.40. The molecule has 0 fully saturated rings. The highest BCUT2D eigenvalue weighted by atomic mass is 35.5. The summed E-state index contributed by atoms with van der Waals surface area (Å²) in [6, 6.07) is 12.1. The molecule has 0 unspecified atom stereocenters. The van der Waals surface area contributed by atoms with Crippen LogP contribution in [0.1, 0.15) is 30.2 Å². The van der Waals surface area contributed by atoms with Crippen molar-refractivity contribution in [1.29, 1.82) is 0 Å². The van der Waals surface area contributed by atoms with Crippen LogP contribution in [0.5, 0.6) is 23.0 Å². The number of anilines is 1. The summed E-state index contributed by atoms with van der Waals surface area (Å²) >= 11 is 6.27. The van der Waals surface area contributed by atoms with E-state index in [4.69, 9.17) is 25.8 Å². The smallest absolute Gasteiger partial charge is 0.262 e. The molecule has 0 bridgehead atoms. The zero-order valence-corrected chi connectivity index (χ0v) is 23.9. The van der Waals surface area contributed by atoms with Gasteiger partial charge in [0.2, 0.25) is 5.43 Å². The predicted molar refractivity (Wildman–Crippen MR) is 159 cm³/mol. The van der Waals surface area contributed by atoms with Crippen LogP contribution in [0, 0.1) is 5.82 Å². The van der Waals surface area contributed by atoms with Crippen molar-refractivity contribution < 1.29 is 23.4 Å². The molecule has 1 amide bonds. The Bertz CT molecular complexity index is 1880. The van der Waals surface area contributed by atoms with Crippen molar-refractivity contribution in [2.24, 2.45) is 0 Å². The van der Waals surface area contributed by atoms with Crippen LogP contribution in [-0.4, -0.2) is 34.7 Å². The van der Waals surface area contributed by atoms with E-state index in [0.717, 1.165) is 6.07 Å². The number of amides is 1. The Morgan fingerprint density at radius 2 is 1.69 bits per heavy atom. The van der Waals surface area contributed by atoms with Gasteiger partial charge >= 0.3 is 0 Å². The van der Waals surface area contributed by atoms with Crippen LogP contribution in [0.25, 0.3) is 22.0 Å². The minimum absolute atomic E-state index is 0.0548. The van der Waals surface area contributed by atoms with Crippen LogP contribution in [0.4, 0.5) is 10.2 Å². The van der Waals surface area contributed by atoms with Gasteiger partial charge in [0.25, 0.3) is 5.91 Å². The van der Waals surface area contributed by atoms with Crippen molar-refractivity contribution in [2.75, 3.05) is 19.5 Å². The molecule has 0 radical (unpaired) electrons. The van der Waals surface area contributed by atoms with Gasteiger partial charge in [-0.2, -0.15) is 0 Å². The molecule has 214 valence electrons. The van der Waals surface area contributed by atoms with Gasteiger partial charge in [0.1, 0.15) is 17.1 Å². The van der Waals surface area contributed by atoms with Crippen molar-refractivity contribution in [2.45, 2.75) is 19.9 Å². The molecule has 5 rings (SSSR count).